The average molecular weight is 374 g/mol. The van der Waals surface area contributed by atoms with Crippen molar-refractivity contribution in [2.24, 2.45) is 0 Å². The molecule has 0 aliphatic heterocycles. The molecule has 26 heavy (non-hydrogen) atoms. The number of hydrogen-bond donors (Lipinski definition) is 2. The van der Waals surface area contributed by atoms with Gasteiger partial charge in [0.1, 0.15) is 5.75 Å². The SMILES string of the molecule is CCCCNc1cc(C(=O)OCCCC)cc(S)c1Oc1ccccc1. The minimum absolute atomic E-state index is 0.335. The van der Waals surface area contributed by atoms with E-state index in [1.165, 1.54) is 0 Å². The predicted octanol–water partition coefficient (Wildman–Crippen LogP) is 5.94. The van der Waals surface area contributed by atoms with Gasteiger partial charge >= 0.3 is 5.97 Å². The van der Waals surface area contributed by atoms with E-state index in [4.69, 9.17) is 9.47 Å². The molecule has 0 bridgehead atoms. The zero-order chi connectivity index (χ0) is 18.8. The summed E-state index contributed by atoms with van der Waals surface area (Å²) < 4.78 is 11.3. The predicted molar refractivity (Wildman–Crippen MR) is 109 cm³/mol. The molecule has 0 amide bonds. The molecule has 0 aliphatic carbocycles. The Bertz CT molecular complexity index is 704. The van der Waals surface area contributed by atoms with Gasteiger partial charge in [0.15, 0.2) is 5.75 Å². The van der Waals surface area contributed by atoms with Gasteiger partial charge in [-0.1, -0.05) is 44.9 Å². The highest BCUT2D eigenvalue weighted by Crippen LogP contribution is 2.37. The number of benzene rings is 2. The first kappa shape index (κ1) is 20.2. The van der Waals surface area contributed by atoms with Gasteiger partial charge in [-0.25, -0.2) is 4.79 Å². The van der Waals surface area contributed by atoms with E-state index < -0.39 is 0 Å². The van der Waals surface area contributed by atoms with Crippen LogP contribution in [0.1, 0.15) is 49.9 Å². The summed E-state index contributed by atoms with van der Waals surface area (Å²) in [5.41, 5.74) is 1.22. The van der Waals surface area contributed by atoms with Crippen LogP contribution in [0.3, 0.4) is 0 Å². The average Bonchev–Trinajstić information content (AvgIpc) is 2.65. The number of esters is 1. The quantitative estimate of drug-likeness (QED) is 0.307. The van der Waals surface area contributed by atoms with Crippen LogP contribution in [0.5, 0.6) is 11.5 Å². The van der Waals surface area contributed by atoms with Crippen LogP contribution in [0.2, 0.25) is 0 Å². The van der Waals surface area contributed by atoms with Crippen molar-refractivity contribution in [1.29, 1.82) is 0 Å². The van der Waals surface area contributed by atoms with Gasteiger partial charge in [-0.2, -0.15) is 0 Å². The van der Waals surface area contributed by atoms with E-state index in [0.717, 1.165) is 43.7 Å². The number of carbonyl (C=O) groups excluding carboxylic acids is 1. The Kier molecular flexibility index (Phi) is 8.35. The van der Waals surface area contributed by atoms with E-state index in [0.29, 0.717) is 22.8 Å². The second-order valence-corrected chi connectivity index (χ2v) is 6.54. The maximum absolute atomic E-state index is 12.3. The molecule has 0 aromatic heterocycles. The smallest absolute Gasteiger partial charge is 0.338 e. The normalized spacial score (nSPS) is 10.4. The Morgan fingerprint density at radius 2 is 1.81 bits per heavy atom. The van der Waals surface area contributed by atoms with Crippen LogP contribution in [-0.2, 0) is 4.74 Å². The summed E-state index contributed by atoms with van der Waals surface area (Å²) in [5, 5.41) is 3.36. The largest absolute Gasteiger partial charge is 0.462 e. The van der Waals surface area contributed by atoms with Crippen LogP contribution < -0.4 is 10.1 Å². The number of ether oxygens (including phenoxy) is 2. The number of hydrogen-bond acceptors (Lipinski definition) is 5. The fourth-order valence-electron chi connectivity index (χ4n) is 2.37. The van der Waals surface area contributed by atoms with Crippen LogP contribution in [0.25, 0.3) is 0 Å². The van der Waals surface area contributed by atoms with E-state index in [-0.39, 0.29) is 5.97 Å². The minimum Gasteiger partial charge on any atom is -0.462 e. The number of thiol groups is 1. The molecule has 2 aromatic carbocycles. The number of carbonyl (C=O) groups is 1. The molecule has 0 fully saturated rings. The lowest BCUT2D eigenvalue weighted by Gasteiger charge is -2.16. The first-order chi connectivity index (χ1) is 12.7. The summed E-state index contributed by atoms with van der Waals surface area (Å²) in [7, 11) is 0. The van der Waals surface area contributed by atoms with E-state index in [2.05, 4.69) is 31.8 Å². The molecule has 0 aliphatic rings. The molecule has 4 nitrogen and oxygen atoms in total. The zero-order valence-corrected chi connectivity index (χ0v) is 16.4. The van der Waals surface area contributed by atoms with Gasteiger partial charge in [0.05, 0.1) is 17.9 Å². The van der Waals surface area contributed by atoms with Crippen LogP contribution in [0.4, 0.5) is 5.69 Å². The van der Waals surface area contributed by atoms with Gasteiger partial charge in [0.2, 0.25) is 0 Å². The molecule has 2 aromatic rings. The Balaban J connectivity index is 2.26. The van der Waals surface area contributed by atoms with Gasteiger partial charge in [-0.3, -0.25) is 0 Å². The van der Waals surface area contributed by atoms with Crippen molar-refractivity contribution >= 4 is 24.3 Å². The van der Waals surface area contributed by atoms with Crippen LogP contribution in [-0.4, -0.2) is 19.1 Å². The second-order valence-electron chi connectivity index (χ2n) is 6.06. The Hall–Kier alpha value is -2.14. The number of rotatable bonds is 10. The van der Waals surface area contributed by atoms with Crippen LogP contribution in [0.15, 0.2) is 47.4 Å². The van der Waals surface area contributed by atoms with Crippen LogP contribution >= 0.6 is 12.6 Å². The summed E-state index contributed by atoms with van der Waals surface area (Å²) in [6, 6.07) is 13.0. The Morgan fingerprint density at radius 3 is 2.50 bits per heavy atom. The summed E-state index contributed by atoms with van der Waals surface area (Å²) in [6.07, 6.45) is 3.95. The monoisotopic (exact) mass is 373 g/mol. The lowest BCUT2D eigenvalue weighted by atomic mass is 10.1. The summed E-state index contributed by atoms with van der Waals surface area (Å²) in [6.45, 7) is 5.42. The van der Waals surface area contributed by atoms with Crippen molar-refractivity contribution in [3.63, 3.8) is 0 Å². The lowest BCUT2D eigenvalue weighted by Crippen LogP contribution is -2.09. The Morgan fingerprint density at radius 1 is 1.08 bits per heavy atom. The maximum Gasteiger partial charge on any atom is 0.338 e. The van der Waals surface area contributed by atoms with Gasteiger partial charge in [0.25, 0.3) is 0 Å². The zero-order valence-electron chi connectivity index (χ0n) is 15.5. The molecule has 2 rings (SSSR count). The lowest BCUT2D eigenvalue weighted by molar-refractivity contribution is 0.0499. The third kappa shape index (κ3) is 5.99. The van der Waals surface area contributed by atoms with Crippen LogP contribution in [0, 0.1) is 0 Å². The molecule has 0 saturated heterocycles. The van der Waals surface area contributed by atoms with Crippen molar-refractivity contribution in [2.75, 3.05) is 18.5 Å². The third-order valence-electron chi connectivity index (χ3n) is 3.84. The first-order valence-corrected chi connectivity index (χ1v) is 9.61. The molecule has 0 saturated carbocycles. The van der Waals surface area contributed by atoms with Gasteiger partial charge in [-0.15, -0.1) is 12.6 Å². The van der Waals surface area contributed by atoms with Crippen molar-refractivity contribution in [3.8, 4) is 11.5 Å². The standard InChI is InChI=1S/C21H27NO3S/c1-3-5-12-22-18-14-16(21(23)24-13-6-4-2)15-19(26)20(18)25-17-10-8-7-9-11-17/h7-11,14-15,22,26H,3-6,12-13H2,1-2H3. The van der Waals surface area contributed by atoms with E-state index in [9.17, 15) is 4.79 Å². The third-order valence-corrected chi connectivity index (χ3v) is 4.18. The fourth-order valence-corrected chi connectivity index (χ4v) is 2.67. The van der Waals surface area contributed by atoms with Crippen molar-refractivity contribution in [2.45, 2.75) is 44.4 Å². The highest BCUT2D eigenvalue weighted by Gasteiger charge is 2.16. The van der Waals surface area contributed by atoms with Gasteiger partial charge < -0.3 is 14.8 Å². The molecule has 1 N–H and O–H groups in total. The van der Waals surface area contributed by atoms with Crippen molar-refractivity contribution < 1.29 is 14.3 Å². The van der Waals surface area contributed by atoms with E-state index >= 15 is 0 Å². The molecular weight excluding hydrogens is 346 g/mol. The molecule has 140 valence electrons. The molecule has 0 radical (unpaired) electrons. The first-order valence-electron chi connectivity index (χ1n) is 9.16. The summed E-state index contributed by atoms with van der Waals surface area (Å²) in [4.78, 5) is 12.9. The molecule has 0 heterocycles. The highest BCUT2D eigenvalue weighted by molar-refractivity contribution is 7.80. The van der Waals surface area contributed by atoms with Gasteiger partial charge in [-0.05, 0) is 37.1 Å². The molecule has 5 heteroatoms. The number of nitrogens with one attached hydrogen (secondary N) is 1. The maximum atomic E-state index is 12.3. The summed E-state index contributed by atoms with van der Waals surface area (Å²) in [5.74, 6) is 0.999. The second kappa shape index (κ2) is 10.8. The van der Waals surface area contributed by atoms with E-state index in [1.807, 2.05) is 30.3 Å². The number of unbranched alkanes of at least 4 members (excludes halogenated alkanes) is 2. The number of para-hydroxylation sites is 1. The molecular formula is C21H27NO3S. The summed E-state index contributed by atoms with van der Waals surface area (Å²) >= 11 is 4.54. The molecule has 0 unspecified atom stereocenters. The highest BCUT2D eigenvalue weighted by atomic mass is 32.1. The van der Waals surface area contributed by atoms with Crippen molar-refractivity contribution in [3.05, 3.63) is 48.0 Å². The Labute approximate surface area is 161 Å². The topological polar surface area (TPSA) is 47.6 Å². The molecule has 0 atom stereocenters. The number of anilines is 1. The fraction of sp³-hybridized carbons (Fsp3) is 0.381. The molecule has 0 spiro atoms. The van der Waals surface area contributed by atoms with E-state index in [1.54, 1.807) is 12.1 Å². The minimum atomic E-state index is -0.335. The van der Waals surface area contributed by atoms with Crippen molar-refractivity contribution in [1.82, 2.24) is 0 Å². The van der Waals surface area contributed by atoms with Gasteiger partial charge in [0, 0.05) is 11.4 Å².